The van der Waals surface area contributed by atoms with E-state index in [2.05, 4.69) is 10.6 Å². The molecule has 9 nitrogen and oxygen atoms in total. The molecule has 1 atom stereocenters. The summed E-state index contributed by atoms with van der Waals surface area (Å²) in [6.45, 7) is -0.200. The Balaban J connectivity index is 1.76. The average Bonchev–Trinajstić information content (AvgIpc) is 2.63. The Hall–Kier alpha value is -3.82. The number of non-ortho nitro benzene ring substituents is 1. The lowest BCUT2D eigenvalue weighted by Gasteiger charge is -2.30. The second-order valence-corrected chi connectivity index (χ2v) is 5.68. The highest BCUT2D eigenvalue weighted by atomic mass is 19.1. The molecule has 0 radical (unpaired) electrons. The summed E-state index contributed by atoms with van der Waals surface area (Å²) in [6.07, 6.45) is 0. The summed E-state index contributed by atoms with van der Waals surface area (Å²) in [5.41, 5.74) is 0.256. The number of nitro benzene ring substituents is 1. The van der Waals surface area contributed by atoms with Crippen LogP contribution in [0.2, 0.25) is 0 Å². The summed E-state index contributed by atoms with van der Waals surface area (Å²) in [5.74, 6) is -3.18. The lowest BCUT2D eigenvalue weighted by Crippen LogP contribution is -2.58. The Morgan fingerprint density at radius 2 is 1.78 bits per heavy atom. The predicted molar refractivity (Wildman–Crippen MR) is 92.5 cm³/mol. The first-order valence-corrected chi connectivity index (χ1v) is 7.79. The second kappa shape index (κ2) is 7.20. The first kappa shape index (κ1) is 18.0. The number of amides is 4. The fraction of sp³-hybridized carbons (Fsp3) is 0.118. The average molecular weight is 372 g/mol. The van der Waals surface area contributed by atoms with Gasteiger partial charge in [0, 0.05) is 24.4 Å². The van der Waals surface area contributed by atoms with Crippen molar-refractivity contribution >= 4 is 34.9 Å². The minimum atomic E-state index is -1.21. The number of anilines is 2. The number of urea groups is 1. The number of carbonyl (C=O) groups excluding carboxylic acids is 3. The third-order valence-corrected chi connectivity index (χ3v) is 3.93. The van der Waals surface area contributed by atoms with E-state index >= 15 is 0 Å². The van der Waals surface area contributed by atoms with Crippen LogP contribution in [0.1, 0.15) is 0 Å². The van der Waals surface area contributed by atoms with Gasteiger partial charge in [0.1, 0.15) is 11.7 Å². The van der Waals surface area contributed by atoms with Crippen LogP contribution in [-0.4, -0.2) is 29.3 Å². The van der Waals surface area contributed by atoms with Gasteiger partial charge in [-0.3, -0.25) is 19.7 Å². The Morgan fingerprint density at radius 3 is 2.37 bits per heavy atom. The molecule has 1 aliphatic heterocycles. The van der Waals surface area contributed by atoms with Gasteiger partial charge in [-0.05, 0) is 36.4 Å². The van der Waals surface area contributed by atoms with E-state index in [0.717, 1.165) is 17.0 Å². The third-order valence-electron chi connectivity index (χ3n) is 3.93. The van der Waals surface area contributed by atoms with E-state index in [1.54, 1.807) is 0 Å². The van der Waals surface area contributed by atoms with Crippen molar-refractivity contribution in [1.82, 2.24) is 5.32 Å². The van der Waals surface area contributed by atoms with Gasteiger partial charge in [0.2, 0.25) is 11.8 Å². The van der Waals surface area contributed by atoms with Crippen molar-refractivity contribution in [2.24, 2.45) is 5.92 Å². The molecule has 27 heavy (non-hydrogen) atoms. The highest BCUT2D eigenvalue weighted by molar-refractivity contribution is 6.23. The highest BCUT2D eigenvalue weighted by Gasteiger charge is 2.39. The van der Waals surface area contributed by atoms with Gasteiger partial charge in [0.05, 0.1) is 10.6 Å². The smallest absolute Gasteiger partial charge is 0.328 e. The molecule has 1 fully saturated rings. The Morgan fingerprint density at radius 1 is 1.15 bits per heavy atom. The van der Waals surface area contributed by atoms with Gasteiger partial charge in [-0.15, -0.1) is 0 Å². The summed E-state index contributed by atoms with van der Waals surface area (Å²) in [6, 6.07) is 9.07. The quantitative estimate of drug-likeness (QED) is 0.483. The predicted octanol–water partition coefficient (Wildman–Crippen LogP) is 2.04. The number of imide groups is 1. The van der Waals surface area contributed by atoms with Crippen molar-refractivity contribution in [3.8, 4) is 0 Å². The van der Waals surface area contributed by atoms with Crippen LogP contribution >= 0.6 is 0 Å². The molecule has 0 spiro atoms. The fourth-order valence-electron chi connectivity index (χ4n) is 2.55. The van der Waals surface area contributed by atoms with Crippen LogP contribution in [-0.2, 0) is 9.59 Å². The van der Waals surface area contributed by atoms with Crippen molar-refractivity contribution in [3.05, 3.63) is 64.5 Å². The summed E-state index contributed by atoms with van der Waals surface area (Å²) in [5, 5.41) is 15.6. The summed E-state index contributed by atoms with van der Waals surface area (Å²) in [7, 11) is 0. The summed E-state index contributed by atoms with van der Waals surface area (Å²) < 4.78 is 13.1. The number of benzene rings is 2. The first-order valence-electron chi connectivity index (χ1n) is 7.79. The number of nitro groups is 1. The molecule has 2 aromatic rings. The molecule has 0 aliphatic carbocycles. The first-order chi connectivity index (χ1) is 12.9. The molecule has 3 rings (SSSR count). The number of carbonyl (C=O) groups is 3. The fourth-order valence-corrected chi connectivity index (χ4v) is 2.55. The number of halogens is 1. The topological polar surface area (TPSA) is 122 Å². The van der Waals surface area contributed by atoms with Gasteiger partial charge in [0.25, 0.3) is 5.69 Å². The molecule has 2 aromatic carbocycles. The Labute approximate surface area is 151 Å². The molecule has 4 amide bonds. The maximum absolute atomic E-state index is 13.1. The van der Waals surface area contributed by atoms with Crippen LogP contribution < -0.4 is 15.5 Å². The molecule has 0 aromatic heterocycles. The lowest BCUT2D eigenvalue weighted by atomic mass is 10.0. The standard InChI is InChI=1S/C17H13FN4O5/c18-10-1-5-12(6-2-10)21-16(24)14(9-19-17(21)25)15(23)20-11-3-7-13(8-4-11)22(26)27/h1-8,14H,9H2,(H,19,25)(H,20,23). The van der Waals surface area contributed by atoms with Gasteiger partial charge < -0.3 is 10.6 Å². The molecule has 138 valence electrons. The maximum Gasteiger partial charge on any atom is 0.328 e. The van der Waals surface area contributed by atoms with Crippen LogP contribution in [0.5, 0.6) is 0 Å². The van der Waals surface area contributed by atoms with Gasteiger partial charge >= 0.3 is 6.03 Å². The Kier molecular flexibility index (Phi) is 4.79. The second-order valence-electron chi connectivity index (χ2n) is 5.68. The number of rotatable bonds is 4. The van der Waals surface area contributed by atoms with E-state index in [1.165, 1.54) is 36.4 Å². The Bertz CT molecular complexity index is 914. The number of nitrogens with zero attached hydrogens (tertiary/aromatic N) is 2. The molecule has 1 unspecified atom stereocenters. The van der Waals surface area contributed by atoms with Gasteiger partial charge in [0.15, 0.2) is 0 Å². The van der Waals surface area contributed by atoms with Crippen LogP contribution in [0.3, 0.4) is 0 Å². The molecule has 1 heterocycles. The molecule has 0 bridgehead atoms. The van der Waals surface area contributed by atoms with Crippen LogP contribution in [0.15, 0.2) is 48.5 Å². The zero-order valence-electron chi connectivity index (χ0n) is 13.7. The van der Waals surface area contributed by atoms with Crippen molar-refractivity contribution in [3.63, 3.8) is 0 Å². The number of hydrogen-bond acceptors (Lipinski definition) is 5. The van der Waals surface area contributed by atoms with E-state index in [9.17, 15) is 28.9 Å². The van der Waals surface area contributed by atoms with Crippen molar-refractivity contribution in [1.29, 1.82) is 0 Å². The molecule has 10 heteroatoms. The normalized spacial score (nSPS) is 16.6. The SMILES string of the molecule is O=C(Nc1ccc([N+](=O)[O-])cc1)C1CNC(=O)N(c2ccc(F)cc2)C1=O. The van der Waals surface area contributed by atoms with E-state index < -0.39 is 34.5 Å². The van der Waals surface area contributed by atoms with Crippen molar-refractivity contribution in [2.75, 3.05) is 16.8 Å². The summed E-state index contributed by atoms with van der Waals surface area (Å²) in [4.78, 5) is 47.9. The van der Waals surface area contributed by atoms with E-state index in [-0.39, 0.29) is 23.6 Å². The van der Waals surface area contributed by atoms with E-state index in [4.69, 9.17) is 0 Å². The molecular formula is C17H13FN4O5. The number of hydrogen-bond donors (Lipinski definition) is 2. The van der Waals surface area contributed by atoms with Crippen LogP contribution in [0.4, 0.5) is 26.2 Å². The maximum atomic E-state index is 13.1. The van der Waals surface area contributed by atoms with Crippen LogP contribution in [0, 0.1) is 21.8 Å². The third kappa shape index (κ3) is 3.73. The molecule has 2 N–H and O–H groups in total. The van der Waals surface area contributed by atoms with E-state index in [0.29, 0.717) is 0 Å². The van der Waals surface area contributed by atoms with Crippen molar-refractivity contribution < 1.29 is 23.7 Å². The van der Waals surface area contributed by atoms with Crippen LogP contribution in [0.25, 0.3) is 0 Å². The van der Waals surface area contributed by atoms with E-state index in [1.807, 2.05) is 0 Å². The van der Waals surface area contributed by atoms with Gasteiger partial charge in [-0.1, -0.05) is 0 Å². The highest BCUT2D eigenvalue weighted by Crippen LogP contribution is 2.22. The van der Waals surface area contributed by atoms with Crippen molar-refractivity contribution in [2.45, 2.75) is 0 Å². The zero-order valence-corrected chi connectivity index (χ0v) is 13.7. The molecular weight excluding hydrogens is 359 g/mol. The monoisotopic (exact) mass is 372 g/mol. The lowest BCUT2D eigenvalue weighted by molar-refractivity contribution is -0.384. The minimum Gasteiger partial charge on any atom is -0.336 e. The zero-order chi connectivity index (χ0) is 19.6. The summed E-state index contributed by atoms with van der Waals surface area (Å²) >= 11 is 0. The molecule has 1 aliphatic rings. The minimum absolute atomic E-state index is 0.131. The number of nitrogens with one attached hydrogen (secondary N) is 2. The molecule has 0 saturated carbocycles. The largest absolute Gasteiger partial charge is 0.336 e. The van der Waals surface area contributed by atoms with Gasteiger partial charge in [-0.25, -0.2) is 14.1 Å². The molecule has 1 saturated heterocycles. The van der Waals surface area contributed by atoms with Gasteiger partial charge in [-0.2, -0.15) is 0 Å².